The van der Waals surface area contributed by atoms with E-state index in [0.29, 0.717) is 28.7 Å². The van der Waals surface area contributed by atoms with Gasteiger partial charge >= 0.3 is 0 Å². The normalized spacial score (nSPS) is 10.6. The number of rotatable bonds is 9. The number of aromatic hydroxyl groups is 1. The number of pyridine rings is 1. The number of ether oxygens (including phenoxy) is 4. The number of hydrogen-bond acceptors (Lipinski definition) is 8. The first-order chi connectivity index (χ1) is 16.8. The highest BCUT2D eigenvalue weighted by Gasteiger charge is 2.27. The van der Waals surface area contributed by atoms with Crippen LogP contribution >= 0.6 is 11.6 Å². The Morgan fingerprint density at radius 3 is 2.23 bits per heavy atom. The van der Waals surface area contributed by atoms with Gasteiger partial charge in [-0.15, -0.1) is 0 Å². The molecule has 0 fully saturated rings. The summed E-state index contributed by atoms with van der Waals surface area (Å²) in [5.41, 5.74) is 0.334. The molecule has 0 saturated heterocycles. The fraction of sp³-hybridized carbons (Fsp3) is 0.240. The van der Waals surface area contributed by atoms with Gasteiger partial charge in [-0.3, -0.25) is 15.6 Å². The maximum Gasteiger partial charge on any atom is 0.264 e. The molecule has 10 heteroatoms. The molecule has 0 aliphatic heterocycles. The Bertz CT molecular complexity index is 1270. The summed E-state index contributed by atoms with van der Waals surface area (Å²) in [5.74, 6) is -0.737. The molecule has 1 aromatic heterocycles. The quantitative estimate of drug-likeness (QED) is 0.252. The van der Waals surface area contributed by atoms with Gasteiger partial charge in [-0.1, -0.05) is 29.8 Å². The van der Waals surface area contributed by atoms with Gasteiger partial charge in [0.1, 0.15) is 22.8 Å². The lowest BCUT2D eigenvalue weighted by Gasteiger charge is -2.19. The van der Waals surface area contributed by atoms with Gasteiger partial charge in [0.15, 0.2) is 5.90 Å². The molecule has 35 heavy (non-hydrogen) atoms. The van der Waals surface area contributed by atoms with Crippen molar-refractivity contribution >= 4 is 23.4 Å². The van der Waals surface area contributed by atoms with Gasteiger partial charge in [0.2, 0.25) is 5.90 Å². The van der Waals surface area contributed by atoms with Crippen LogP contribution in [-0.4, -0.2) is 42.7 Å². The van der Waals surface area contributed by atoms with Crippen LogP contribution in [0.25, 0.3) is 11.1 Å². The van der Waals surface area contributed by atoms with Crippen LogP contribution in [0.5, 0.6) is 17.2 Å². The summed E-state index contributed by atoms with van der Waals surface area (Å²) in [6.07, 6.45) is 0.0633. The van der Waals surface area contributed by atoms with Crippen LogP contribution < -0.4 is 15.0 Å². The predicted molar refractivity (Wildman–Crippen MR) is 133 cm³/mol. The maximum absolute atomic E-state index is 12.9. The highest BCUT2D eigenvalue weighted by atomic mass is 35.5. The van der Waals surface area contributed by atoms with Crippen molar-refractivity contribution in [3.8, 4) is 28.4 Å². The Kier molecular flexibility index (Phi) is 8.51. The number of halogens is 1. The topological polar surface area (TPSA) is 138 Å². The van der Waals surface area contributed by atoms with Crippen molar-refractivity contribution in [3.63, 3.8) is 0 Å². The zero-order valence-corrected chi connectivity index (χ0v) is 20.3. The first-order valence-electron chi connectivity index (χ1n) is 10.7. The minimum atomic E-state index is -0.765. The van der Waals surface area contributed by atoms with Crippen molar-refractivity contribution in [1.29, 1.82) is 10.8 Å². The van der Waals surface area contributed by atoms with Gasteiger partial charge in [-0.05, 0) is 36.8 Å². The Balaban J connectivity index is 2.07. The molecule has 0 unspecified atom stereocenters. The fourth-order valence-electron chi connectivity index (χ4n) is 3.53. The third-order valence-corrected chi connectivity index (χ3v) is 5.38. The summed E-state index contributed by atoms with van der Waals surface area (Å²) < 4.78 is 21.8. The summed E-state index contributed by atoms with van der Waals surface area (Å²) in [6, 6.07) is 11.9. The fourth-order valence-corrected chi connectivity index (χ4v) is 3.65. The number of hydrogen-bond donors (Lipinski definition) is 4. The molecule has 0 spiro atoms. The van der Waals surface area contributed by atoms with Gasteiger partial charge in [0.25, 0.3) is 5.56 Å². The lowest BCUT2D eigenvalue weighted by molar-refractivity contribution is 0.131. The van der Waals surface area contributed by atoms with Crippen molar-refractivity contribution in [3.05, 3.63) is 74.7 Å². The molecule has 3 aromatic rings. The van der Waals surface area contributed by atoms with E-state index in [1.807, 2.05) is 0 Å². The molecule has 0 bridgehead atoms. The third-order valence-electron chi connectivity index (χ3n) is 5.13. The second-order valence-corrected chi connectivity index (χ2v) is 7.80. The van der Waals surface area contributed by atoms with Crippen molar-refractivity contribution in [2.24, 2.45) is 0 Å². The minimum Gasteiger partial charge on any atom is -0.506 e. The van der Waals surface area contributed by atoms with Gasteiger partial charge in [0.05, 0.1) is 37.6 Å². The maximum atomic E-state index is 12.9. The molecule has 2 aromatic carbocycles. The average molecular weight is 500 g/mol. The van der Waals surface area contributed by atoms with E-state index in [-0.39, 0.29) is 30.2 Å². The molecule has 184 valence electrons. The van der Waals surface area contributed by atoms with Crippen LogP contribution in [0.2, 0.25) is 5.02 Å². The predicted octanol–water partition coefficient (Wildman–Crippen LogP) is 4.52. The third kappa shape index (κ3) is 5.82. The average Bonchev–Trinajstić information content (AvgIpc) is 2.83. The van der Waals surface area contributed by atoms with Crippen LogP contribution in [0.1, 0.15) is 23.7 Å². The Hall–Kier alpha value is -3.82. The Morgan fingerprint density at radius 1 is 1.03 bits per heavy atom. The molecule has 0 atom stereocenters. The molecule has 0 amide bonds. The second-order valence-electron chi connectivity index (χ2n) is 7.36. The minimum absolute atomic E-state index is 0.0172. The molecule has 0 aliphatic carbocycles. The lowest BCUT2D eigenvalue weighted by Crippen LogP contribution is -2.25. The molecule has 0 aliphatic rings. The largest absolute Gasteiger partial charge is 0.506 e. The Morgan fingerprint density at radius 2 is 1.66 bits per heavy atom. The number of aromatic amines is 1. The molecule has 3 rings (SSSR count). The summed E-state index contributed by atoms with van der Waals surface area (Å²) in [6.45, 7) is 2.15. The molecule has 9 nitrogen and oxygen atoms in total. The first-order valence-corrected chi connectivity index (χ1v) is 11.0. The van der Waals surface area contributed by atoms with Crippen molar-refractivity contribution in [2.45, 2.75) is 20.0 Å². The summed E-state index contributed by atoms with van der Waals surface area (Å²) in [5, 5.41) is 28.3. The molecule has 0 saturated carbocycles. The monoisotopic (exact) mass is 499 g/mol. The van der Waals surface area contributed by atoms with Crippen LogP contribution in [-0.2, 0) is 22.5 Å². The van der Waals surface area contributed by atoms with E-state index in [1.165, 1.54) is 14.2 Å². The Labute approximate surface area is 207 Å². The smallest absolute Gasteiger partial charge is 0.264 e. The van der Waals surface area contributed by atoms with E-state index in [1.54, 1.807) is 49.4 Å². The van der Waals surface area contributed by atoms with Crippen molar-refractivity contribution in [2.75, 3.05) is 20.8 Å². The lowest BCUT2D eigenvalue weighted by atomic mass is 9.98. The van der Waals surface area contributed by atoms with Gasteiger partial charge in [-0.2, -0.15) is 0 Å². The van der Waals surface area contributed by atoms with Crippen molar-refractivity contribution in [1.82, 2.24) is 4.98 Å². The molecule has 1 heterocycles. The van der Waals surface area contributed by atoms with Crippen LogP contribution in [0, 0.1) is 10.8 Å². The summed E-state index contributed by atoms with van der Waals surface area (Å²) in [7, 11) is 2.93. The number of methoxy groups -OCH3 is 2. The van der Waals surface area contributed by atoms with E-state index in [0.717, 1.165) is 5.56 Å². The van der Waals surface area contributed by atoms with E-state index in [2.05, 4.69) is 4.98 Å². The molecular formula is C25H26ClN3O6. The second kappa shape index (κ2) is 11.5. The number of benzene rings is 2. The SMILES string of the molecule is CCOCc1[nH]c(=O)c(C(=N)OC(=N)Cc2ccc(Cl)cc2)c(O)c1-c1c(OC)cccc1OC. The zero-order chi connectivity index (χ0) is 25.5. The highest BCUT2D eigenvalue weighted by Crippen LogP contribution is 2.44. The number of nitrogens with one attached hydrogen (secondary N) is 3. The van der Waals surface area contributed by atoms with Crippen LogP contribution in [0.15, 0.2) is 47.3 Å². The molecule has 4 N–H and O–H groups in total. The summed E-state index contributed by atoms with van der Waals surface area (Å²) >= 11 is 5.89. The van der Waals surface area contributed by atoms with Crippen LogP contribution in [0.3, 0.4) is 0 Å². The van der Waals surface area contributed by atoms with E-state index in [9.17, 15) is 9.90 Å². The van der Waals surface area contributed by atoms with Gasteiger partial charge in [-0.25, -0.2) is 0 Å². The molecular weight excluding hydrogens is 474 g/mol. The highest BCUT2D eigenvalue weighted by molar-refractivity contribution is 6.30. The number of H-pyrrole nitrogens is 1. The van der Waals surface area contributed by atoms with Crippen molar-refractivity contribution < 1.29 is 24.1 Å². The first kappa shape index (κ1) is 25.8. The van der Waals surface area contributed by atoms with Gasteiger partial charge < -0.3 is 29.0 Å². The summed E-state index contributed by atoms with van der Waals surface area (Å²) in [4.78, 5) is 15.6. The zero-order valence-electron chi connectivity index (χ0n) is 19.5. The van der Waals surface area contributed by atoms with E-state index >= 15 is 0 Å². The van der Waals surface area contributed by atoms with Gasteiger partial charge in [0, 0.05) is 18.1 Å². The van der Waals surface area contributed by atoms with Crippen LogP contribution in [0.4, 0.5) is 0 Å². The van der Waals surface area contributed by atoms with E-state index < -0.39 is 22.8 Å². The molecule has 0 radical (unpaired) electrons. The standard InChI is InChI=1S/C25H26ClN3O6/c1-4-34-13-16-20(21-17(32-2)6-5-7-18(21)33-3)23(30)22(25(31)29-16)24(28)35-19(27)12-14-8-10-15(26)11-9-14/h5-11,27-28H,4,12-13H2,1-3H3,(H2,29,30,31). The number of aromatic nitrogens is 1. The van der Waals surface area contributed by atoms with E-state index in [4.69, 9.17) is 41.4 Å².